The second-order valence-electron chi connectivity index (χ2n) is 7.18. The molecule has 1 aliphatic heterocycles. The summed E-state index contributed by atoms with van der Waals surface area (Å²) in [5.41, 5.74) is 4.97. The lowest BCUT2D eigenvalue weighted by Gasteiger charge is -2.25. The molecule has 7 N–H and O–H groups in total. The maximum absolute atomic E-state index is 12.5. The number of aliphatic carboxylic acids is 1. The minimum Gasteiger partial charge on any atom is -0.480 e. The first-order valence-electron chi connectivity index (χ1n) is 9.18. The molecule has 1 aliphatic rings. The number of nitrogens with one attached hydrogen (secondary N) is 4. The Morgan fingerprint density at radius 3 is 2.18 bits per heavy atom. The molecule has 0 saturated carbocycles. The first-order chi connectivity index (χ1) is 13.0. The number of rotatable bonds is 10. The van der Waals surface area contributed by atoms with Crippen molar-refractivity contribution in [3.8, 4) is 0 Å². The van der Waals surface area contributed by atoms with Gasteiger partial charge in [0.25, 0.3) is 0 Å². The highest BCUT2D eigenvalue weighted by Gasteiger charge is 2.31. The van der Waals surface area contributed by atoms with Crippen molar-refractivity contribution in [1.82, 2.24) is 21.3 Å². The summed E-state index contributed by atoms with van der Waals surface area (Å²) in [5.74, 6) is -4.16. The van der Waals surface area contributed by atoms with Crippen LogP contribution >= 0.6 is 0 Å². The smallest absolute Gasteiger partial charge is 0.326 e. The predicted octanol–water partition coefficient (Wildman–Crippen LogP) is -2.17. The van der Waals surface area contributed by atoms with Crippen LogP contribution in [0, 0.1) is 5.92 Å². The zero-order valence-electron chi connectivity index (χ0n) is 16.3. The van der Waals surface area contributed by atoms with Gasteiger partial charge in [0.1, 0.15) is 18.1 Å². The van der Waals surface area contributed by atoms with Crippen LogP contribution in [0.15, 0.2) is 0 Å². The van der Waals surface area contributed by atoms with Crippen molar-refractivity contribution in [3.05, 3.63) is 0 Å². The maximum Gasteiger partial charge on any atom is 0.326 e. The van der Waals surface area contributed by atoms with E-state index >= 15 is 0 Å². The van der Waals surface area contributed by atoms with Crippen molar-refractivity contribution in [2.75, 3.05) is 6.54 Å². The molecule has 0 aliphatic carbocycles. The predicted molar refractivity (Wildman–Crippen MR) is 98.8 cm³/mol. The number of carbonyl (C=O) groups is 5. The standard InChI is InChI=1S/C17H29N5O6/c1-8(2)13(22-15(25)10-5-4-6-19-10)16(26)20-9(3)14(24)21-11(17(27)28)7-12(18)23/h8-11,13,19H,4-7H2,1-3H3,(H2,18,23)(H,20,26)(H,21,24)(H,22,25)(H,27,28). The van der Waals surface area contributed by atoms with E-state index in [9.17, 15) is 24.0 Å². The van der Waals surface area contributed by atoms with Gasteiger partial charge in [-0.3, -0.25) is 19.2 Å². The zero-order valence-corrected chi connectivity index (χ0v) is 16.3. The molecule has 11 heteroatoms. The van der Waals surface area contributed by atoms with E-state index in [-0.39, 0.29) is 17.9 Å². The summed E-state index contributed by atoms with van der Waals surface area (Å²) in [7, 11) is 0. The van der Waals surface area contributed by atoms with Gasteiger partial charge in [0.2, 0.25) is 23.6 Å². The van der Waals surface area contributed by atoms with E-state index in [0.29, 0.717) is 6.42 Å². The van der Waals surface area contributed by atoms with Gasteiger partial charge in [0, 0.05) is 0 Å². The van der Waals surface area contributed by atoms with Gasteiger partial charge in [-0.15, -0.1) is 0 Å². The lowest BCUT2D eigenvalue weighted by molar-refractivity contribution is -0.143. The zero-order chi connectivity index (χ0) is 21.4. The van der Waals surface area contributed by atoms with Crippen molar-refractivity contribution >= 4 is 29.6 Å². The molecule has 0 aromatic rings. The average molecular weight is 399 g/mol. The second kappa shape index (κ2) is 10.6. The SMILES string of the molecule is CC(NC(=O)C(NC(=O)C1CCCN1)C(C)C)C(=O)NC(CC(N)=O)C(=O)O. The summed E-state index contributed by atoms with van der Waals surface area (Å²) < 4.78 is 0. The van der Waals surface area contributed by atoms with Crippen LogP contribution in [-0.4, -0.2) is 65.4 Å². The van der Waals surface area contributed by atoms with E-state index in [1.54, 1.807) is 13.8 Å². The first-order valence-corrected chi connectivity index (χ1v) is 9.18. The largest absolute Gasteiger partial charge is 0.480 e. The van der Waals surface area contributed by atoms with Crippen LogP contribution < -0.4 is 27.0 Å². The lowest BCUT2D eigenvalue weighted by Crippen LogP contribution is -2.57. The Kier molecular flexibility index (Phi) is 8.83. The van der Waals surface area contributed by atoms with Gasteiger partial charge < -0.3 is 32.1 Å². The van der Waals surface area contributed by atoms with E-state index in [1.807, 2.05) is 0 Å². The summed E-state index contributed by atoms with van der Waals surface area (Å²) in [6.07, 6.45) is 0.998. The van der Waals surface area contributed by atoms with Crippen LogP contribution in [0.25, 0.3) is 0 Å². The van der Waals surface area contributed by atoms with Crippen LogP contribution in [0.5, 0.6) is 0 Å². The summed E-state index contributed by atoms with van der Waals surface area (Å²) in [5, 5.41) is 19.4. The first kappa shape index (κ1) is 23.3. The molecule has 0 aromatic heterocycles. The highest BCUT2D eigenvalue weighted by Crippen LogP contribution is 2.08. The number of primary amides is 1. The van der Waals surface area contributed by atoms with E-state index in [4.69, 9.17) is 10.8 Å². The minimum atomic E-state index is -1.49. The lowest BCUT2D eigenvalue weighted by atomic mass is 10.0. The number of nitrogens with two attached hydrogens (primary N) is 1. The highest BCUT2D eigenvalue weighted by molar-refractivity contribution is 5.94. The van der Waals surface area contributed by atoms with Crippen LogP contribution in [-0.2, 0) is 24.0 Å². The summed E-state index contributed by atoms with van der Waals surface area (Å²) in [6, 6.07) is -3.77. The topological polar surface area (TPSA) is 180 Å². The van der Waals surface area contributed by atoms with Crippen molar-refractivity contribution in [2.45, 2.75) is 64.2 Å². The molecule has 0 aromatic carbocycles. The average Bonchev–Trinajstić information content (AvgIpc) is 3.12. The maximum atomic E-state index is 12.5. The quantitative estimate of drug-likeness (QED) is 0.242. The molecule has 0 bridgehead atoms. The van der Waals surface area contributed by atoms with Gasteiger partial charge in [0.15, 0.2) is 0 Å². The van der Waals surface area contributed by atoms with Gasteiger partial charge in [-0.25, -0.2) is 4.79 Å². The Labute approximate surface area is 163 Å². The van der Waals surface area contributed by atoms with Gasteiger partial charge in [-0.05, 0) is 32.2 Å². The summed E-state index contributed by atoms with van der Waals surface area (Å²) >= 11 is 0. The van der Waals surface area contributed by atoms with Crippen LogP contribution in [0.4, 0.5) is 0 Å². The van der Waals surface area contributed by atoms with Gasteiger partial charge in [-0.2, -0.15) is 0 Å². The Morgan fingerprint density at radius 1 is 1.07 bits per heavy atom. The normalized spacial score (nSPS) is 19.4. The van der Waals surface area contributed by atoms with E-state index < -0.39 is 48.2 Å². The fourth-order valence-corrected chi connectivity index (χ4v) is 2.76. The number of hydrogen-bond acceptors (Lipinski definition) is 6. The van der Waals surface area contributed by atoms with Crippen LogP contribution in [0.2, 0.25) is 0 Å². The molecule has 1 saturated heterocycles. The Morgan fingerprint density at radius 2 is 1.71 bits per heavy atom. The molecular weight excluding hydrogens is 370 g/mol. The molecule has 4 unspecified atom stereocenters. The number of carbonyl (C=O) groups excluding carboxylic acids is 4. The molecule has 4 amide bonds. The molecule has 11 nitrogen and oxygen atoms in total. The molecule has 0 radical (unpaired) electrons. The van der Waals surface area contributed by atoms with Crippen molar-refractivity contribution in [1.29, 1.82) is 0 Å². The van der Waals surface area contributed by atoms with Crippen molar-refractivity contribution in [3.63, 3.8) is 0 Å². The third-order valence-corrected chi connectivity index (χ3v) is 4.40. The third-order valence-electron chi connectivity index (χ3n) is 4.40. The van der Waals surface area contributed by atoms with Gasteiger partial charge in [-0.1, -0.05) is 13.8 Å². The minimum absolute atomic E-state index is 0.234. The number of carboxylic acid groups (broad SMARTS) is 1. The van der Waals surface area contributed by atoms with Gasteiger partial charge >= 0.3 is 5.97 Å². The molecular formula is C17H29N5O6. The fraction of sp³-hybridized carbons (Fsp3) is 0.706. The summed E-state index contributed by atoms with van der Waals surface area (Å²) in [4.78, 5) is 59.0. The second-order valence-corrected chi connectivity index (χ2v) is 7.18. The number of amides is 4. The fourth-order valence-electron chi connectivity index (χ4n) is 2.76. The Hall–Kier alpha value is -2.69. The molecule has 0 spiro atoms. The number of hydrogen-bond donors (Lipinski definition) is 6. The molecule has 28 heavy (non-hydrogen) atoms. The molecule has 158 valence electrons. The highest BCUT2D eigenvalue weighted by atomic mass is 16.4. The van der Waals surface area contributed by atoms with Crippen molar-refractivity contribution < 1.29 is 29.1 Å². The van der Waals surface area contributed by atoms with E-state index in [1.165, 1.54) is 6.92 Å². The molecule has 1 rings (SSSR count). The molecule has 1 fully saturated rings. The summed E-state index contributed by atoms with van der Waals surface area (Å²) in [6.45, 7) is 5.62. The number of carboxylic acids is 1. The van der Waals surface area contributed by atoms with E-state index in [2.05, 4.69) is 21.3 Å². The Balaban J connectivity index is 2.67. The molecule has 1 heterocycles. The monoisotopic (exact) mass is 399 g/mol. The van der Waals surface area contributed by atoms with Crippen molar-refractivity contribution in [2.24, 2.45) is 11.7 Å². The Bertz CT molecular complexity index is 617. The molecule has 4 atom stereocenters. The van der Waals surface area contributed by atoms with Crippen LogP contribution in [0.1, 0.15) is 40.0 Å². The van der Waals surface area contributed by atoms with Gasteiger partial charge in [0.05, 0.1) is 12.5 Å². The van der Waals surface area contributed by atoms with Crippen LogP contribution in [0.3, 0.4) is 0 Å². The van der Waals surface area contributed by atoms with E-state index in [0.717, 1.165) is 13.0 Å². The third kappa shape index (κ3) is 7.14.